The smallest absolute Gasteiger partial charge is 0.158 e. The maximum Gasteiger partial charge on any atom is 0.158 e. The second-order valence-corrected chi connectivity index (χ2v) is 21.3. The van der Waals surface area contributed by atoms with Gasteiger partial charge in [-0.2, -0.15) is 0 Å². The molecule has 0 saturated carbocycles. The molecule has 0 fully saturated rings. The summed E-state index contributed by atoms with van der Waals surface area (Å²) < 4.78 is 0. The van der Waals surface area contributed by atoms with Gasteiger partial charge in [0.25, 0.3) is 0 Å². The SMILES string of the molecule is CCCCCCCC[P+](c1ccccc1)(c1ccccc1)c1ccccc1O.CCCCCC[P+](c1ccccc1)(c1ccccc1)c1ccccc1.[OH-].[OH-]. The van der Waals surface area contributed by atoms with E-state index in [2.05, 4.69) is 178 Å². The molecular formula is C50H62O3P2. The second kappa shape index (κ2) is 24.4. The van der Waals surface area contributed by atoms with E-state index in [1.807, 2.05) is 12.1 Å². The van der Waals surface area contributed by atoms with Crippen molar-refractivity contribution in [3.63, 3.8) is 0 Å². The van der Waals surface area contributed by atoms with Crippen molar-refractivity contribution in [2.24, 2.45) is 0 Å². The second-order valence-electron chi connectivity index (χ2n) is 14.1. The minimum absolute atomic E-state index is 0. The van der Waals surface area contributed by atoms with Gasteiger partial charge in [-0.25, -0.2) is 0 Å². The van der Waals surface area contributed by atoms with E-state index in [1.165, 1.54) is 96.9 Å². The van der Waals surface area contributed by atoms with E-state index in [9.17, 15) is 5.11 Å². The van der Waals surface area contributed by atoms with Gasteiger partial charge in [-0.15, -0.1) is 0 Å². The molecule has 0 atom stereocenters. The van der Waals surface area contributed by atoms with Crippen molar-refractivity contribution >= 4 is 46.4 Å². The number of aromatic hydroxyl groups is 1. The number of phenols is 1. The van der Waals surface area contributed by atoms with Crippen LogP contribution in [0.2, 0.25) is 0 Å². The van der Waals surface area contributed by atoms with Crippen LogP contribution in [0.4, 0.5) is 0 Å². The van der Waals surface area contributed by atoms with Crippen LogP contribution in [0.25, 0.3) is 0 Å². The van der Waals surface area contributed by atoms with Crippen LogP contribution in [0.5, 0.6) is 5.75 Å². The molecule has 3 nitrogen and oxygen atoms in total. The first-order valence-electron chi connectivity index (χ1n) is 20.0. The number of rotatable bonds is 18. The van der Waals surface area contributed by atoms with E-state index < -0.39 is 14.5 Å². The van der Waals surface area contributed by atoms with Crippen LogP contribution in [0, 0.1) is 0 Å². The summed E-state index contributed by atoms with van der Waals surface area (Å²) in [4.78, 5) is 0. The Kier molecular flexibility index (Phi) is 20.1. The van der Waals surface area contributed by atoms with Crippen molar-refractivity contribution in [2.75, 3.05) is 12.3 Å². The third kappa shape index (κ3) is 11.7. The van der Waals surface area contributed by atoms with Gasteiger partial charge < -0.3 is 16.1 Å². The Balaban J connectivity index is 0.000000287. The monoisotopic (exact) mass is 772 g/mol. The molecule has 0 aliphatic rings. The number of benzene rings is 6. The number of para-hydroxylation sites is 1. The molecule has 0 amide bonds. The molecule has 0 heterocycles. The third-order valence-corrected chi connectivity index (χ3v) is 19.5. The normalized spacial score (nSPS) is 11.0. The Hall–Kier alpha value is -4.10. The van der Waals surface area contributed by atoms with Crippen LogP contribution < -0.4 is 31.8 Å². The maximum absolute atomic E-state index is 10.9. The summed E-state index contributed by atoms with van der Waals surface area (Å²) in [5, 5.41) is 19.2. The van der Waals surface area contributed by atoms with E-state index in [0.717, 1.165) is 11.5 Å². The van der Waals surface area contributed by atoms with Gasteiger partial charge in [0, 0.05) is 0 Å². The highest BCUT2D eigenvalue weighted by molar-refractivity contribution is 7.96. The van der Waals surface area contributed by atoms with Gasteiger partial charge in [0.1, 0.15) is 46.4 Å². The summed E-state index contributed by atoms with van der Waals surface area (Å²) >= 11 is 0. The standard InChI is InChI=1S/C26H31OP.C24H28P.2H2O/c1-2-3-4-5-6-15-22-28(23-16-9-7-10-17-23,24-18-11-8-12-19-24)26-21-14-13-20-25(26)27;1-2-3-4-14-21-25(22-15-8-5-9-16-22,23-17-10-6-11-18-23)24-19-12-7-13-20-24;;/h7-14,16-21H,2-6,15,22H2,1H3;5-13,15-20H,2-4,14,21H2,1H3;2*1H2/q;+1;;/p-1. The predicted molar refractivity (Wildman–Crippen MR) is 243 cm³/mol. The summed E-state index contributed by atoms with van der Waals surface area (Å²) in [5.74, 6) is 0.425. The highest BCUT2D eigenvalue weighted by Gasteiger charge is 2.47. The summed E-state index contributed by atoms with van der Waals surface area (Å²) in [6.45, 7) is 4.55. The van der Waals surface area contributed by atoms with Gasteiger partial charge in [0.05, 0.1) is 12.3 Å². The topological polar surface area (TPSA) is 80.2 Å². The van der Waals surface area contributed by atoms with Crippen LogP contribution in [0.3, 0.4) is 0 Å². The Bertz CT molecular complexity index is 1720. The van der Waals surface area contributed by atoms with Crippen LogP contribution in [0.1, 0.15) is 78.1 Å². The fraction of sp³-hybridized carbons (Fsp3) is 0.280. The zero-order valence-electron chi connectivity index (χ0n) is 33.0. The Morgan fingerprint density at radius 1 is 0.327 bits per heavy atom. The van der Waals surface area contributed by atoms with Gasteiger partial charge in [0.2, 0.25) is 0 Å². The average Bonchev–Trinajstić information content (AvgIpc) is 3.23. The van der Waals surface area contributed by atoms with Gasteiger partial charge in [-0.05, 0) is 98.5 Å². The number of hydrogen-bond acceptors (Lipinski definition) is 3. The van der Waals surface area contributed by atoms with Gasteiger partial charge in [-0.1, -0.05) is 156 Å². The van der Waals surface area contributed by atoms with Gasteiger partial charge >= 0.3 is 0 Å². The average molecular weight is 773 g/mol. The lowest BCUT2D eigenvalue weighted by Crippen LogP contribution is -2.33. The molecule has 6 aromatic rings. The molecule has 0 saturated heterocycles. The van der Waals surface area contributed by atoms with E-state index in [0.29, 0.717) is 5.75 Å². The first-order chi connectivity index (χ1) is 26.2. The lowest BCUT2D eigenvalue weighted by atomic mass is 10.1. The van der Waals surface area contributed by atoms with Gasteiger partial charge in [0.15, 0.2) is 5.75 Å². The molecule has 0 radical (unpaired) electrons. The largest absolute Gasteiger partial charge is 0.870 e. The predicted octanol–water partition coefficient (Wildman–Crippen LogP) is 11.3. The lowest BCUT2D eigenvalue weighted by molar-refractivity contribution is 0.479. The molecule has 0 bridgehead atoms. The van der Waals surface area contributed by atoms with Crippen molar-refractivity contribution in [1.82, 2.24) is 0 Å². The molecule has 6 aromatic carbocycles. The lowest BCUT2D eigenvalue weighted by Gasteiger charge is -2.28. The van der Waals surface area contributed by atoms with Crippen molar-refractivity contribution in [3.05, 3.63) is 176 Å². The quantitative estimate of drug-likeness (QED) is 0.0698. The fourth-order valence-electron chi connectivity index (χ4n) is 7.74. The first-order valence-corrected chi connectivity index (χ1v) is 23.9. The number of hydrogen-bond donors (Lipinski definition) is 1. The van der Waals surface area contributed by atoms with Gasteiger partial charge in [-0.3, -0.25) is 0 Å². The summed E-state index contributed by atoms with van der Waals surface area (Å²) in [5.41, 5.74) is 0. The van der Waals surface area contributed by atoms with Crippen LogP contribution >= 0.6 is 14.5 Å². The minimum Gasteiger partial charge on any atom is -0.870 e. The van der Waals surface area contributed by atoms with Crippen molar-refractivity contribution in [3.8, 4) is 5.75 Å². The molecule has 290 valence electrons. The maximum atomic E-state index is 10.9. The number of unbranched alkanes of at least 4 members (excludes halogenated alkanes) is 8. The zero-order valence-corrected chi connectivity index (χ0v) is 34.8. The molecule has 55 heavy (non-hydrogen) atoms. The number of phenolic OH excluding ortho intramolecular Hbond substituents is 1. The zero-order chi connectivity index (χ0) is 37.0. The van der Waals surface area contributed by atoms with Crippen molar-refractivity contribution in [1.29, 1.82) is 0 Å². The minimum atomic E-state index is -1.90. The molecule has 0 spiro atoms. The van der Waals surface area contributed by atoms with E-state index in [-0.39, 0.29) is 11.0 Å². The summed E-state index contributed by atoms with van der Waals surface area (Å²) in [6.07, 6.45) is 15.3. The highest BCUT2D eigenvalue weighted by atomic mass is 31.2. The van der Waals surface area contributed by atoms with Crippen LogP contribution in [0.15, 0.2) is 176 Å². The first kappa shape index (κ1) is 45.3. The molecular weight excluding hydrogens is 710 g/mol. The molecule has 5 heteroatoms. The summed E-state index contributed by atoms with van der Waals surface area (Å²) in [6, 6.07) is 63.3. The molecule has 0 aromatic heterocycles. The molecule has 6 rings (SSSR count). The fourth-order valence-corrected chi connectivity index (χ4v) is 16.6. The van der Waals surface area contributed by atoms with Crippen molar-refractivity contribution < 1.29 is 16.1 Å². The molecule has 0 unspecified atom stereocenters. The highest BCUT2D eigenvalue weighted by Crippen LogP contribution is 2.58. The third-order valence-electron chi connectivity index (χ3n) is 10.5. The molecule has 0 aliphatic carbocycles. The Morgan fingerprint density at radius 3 is 0.964 bits per heavy atom. The van der Waals surface area contributed by atoms with Crippen molar-refractivity contribution in [2.45, 2.75) is 78.1 Å². The molecule has 0 aliphatic heterocycles. The van der Waals surface area contributed by atoms with E-state index >= 15 is 0 Å². The van der Waals surface area contributed by atoms with Crippen LogP contribution in [-0.4, -0.2) is 28.4 Å². The molecule has 3 N–H and O–H groups in total. The Labute approximate surface area is 333 Å². The van der Waals surface area contributed by atoms with Crippen LogP contribution in [-0.2, 0) is 0 Å². The summed E-state index contributed by atoms with van der Waals surface area (Å²) in [7, 11) is -3.49. The Morgan fingerprint density at radius 2 is 0.600 bits per heavy atom. The van der Waals surface area contributed by atoms with E-state index in [1.54, 1.807) is 0 Å². The van der Waals surface area contributed by atoms with E-state index in [4.69, 9.17) is 0 Å².